The molecule has 0 spiro atoms. The number of nitrogens with two attached hydrogens (primary N) is 1. The van der Waals surface area contributed by atoms with Crippen molar-refractivity contribution in [2.24, 2.45) is 0 Å². The molecule has 0 unspecified atom stereocenters. The fraction of sp³-hybridized carbons (Fsp3) is 0.571. The molecule has 4 nitrogen and oxygen atoms in total. The number of nitrogen functional groups attached to an aromatic ring is 1. The van der Waals surface area contributed by atoms with Crippen LogP contribution in [0.25, 0.3) is 0 Å². The lowest BCUT2D eigenvalue weighted by atomic mass is 10.2. The molecule has 1 saturated heterocycles. The van der Waals surface area contributed by atoms with Crippen LogP contribution in [0.4, 0.5) is 11.4 Å². The number of anilines is 2. The number of hydrogen-bond acceptors (Lipinski definition) is 4. The van der Waals surface area contributed by atoms with Gasteiger partial charge >= 0.3 is 0 Å². The maximum atomic E-state index is 6.01. The van der Waals surface area contributed by atoms with Gasteiger partial charge in [-0.05, 0) is 19.1 Å². The second kappa shape index (κ2) is 6.61. The molecule has 0 saturated carbocycles. The molecular formula is C14H23N3O. The quantitative estimate of drug-likeness (QED) is 0.633. The summed E-state index contributed by atoms with van der Waals surface area (Å²) in [5, 5.41) is 0. The van der Waals surface area contributed by atoms with E-state index in [0.29, 0.717) is 0 Å². The number of benzene rings is 1. The van der Waals surface area contributed by atoms with Gasteiger partial charge in [-0.3, -0.25) is 4.90 Å². The Morgan fingerprint density at radius 3 is 2.56 bits per heavy atom. The summed E-state index contributed by atoms with van der Waals surface area (Å²) in [5.41, 5.74) is 8.05. The van der Waals surface area contributed by atoms with Crippen molar-refractivity contribution in [3.05, 3.63) is 24.3 Å². The van der Waals surface area contributed by atoms with Crippen molar-refractivity contribution < 1.29 is 4.74 Å². The van der Waals surface area contributed by atoms with Crippen LogP contribution in [0.15, 0.2) is 24.3 Å². The molecule has 1 aliphatic heterocycles. The van der Waals surface area contributed by atoms with Crippen LogP contribution in [0.2, 0.25) is 0 Å². The Hall–Kier alpha value is -1.26. The van der Waals surface area contributed by atoms with Crippen LogP contribution >= 0.6 is 0 Å². The summed E-state index contributed by atoms with van der Waals surface area (Å²) in [6.45, 7) is 8.97. The van der Waals surface area contributed by atoms with Crippen LogP contribution in [0.5, 0.6) is 0 Å². The van der Waals surface area contributed by atoms with Crippen molar-refractivity contribution in [1.29, 1.82) is 0 Å². The van der Waals surface area contributed by atoms with Gasteiger partial charge in [0.15, 0.2) is 0 Å². The van der Waals surface area contributed by atoms with Gasteiger partial charge in [0.1, 0.15) is 0 Å². The van der Waals surface area contributed by atoms with E-state index in [2.05, 4.69) is 15.9 Å². The van der Waals surface area contributed by atoms with E-state index in [1.54, 1.807) is 0 Å². The first-order valence-corrected chi connectivity index (χ1v) is 6.71. The van der Waals surface area contributed by atoms with Gasteiger partial charge in [-0.15, -0.1) is 0 Å². The van der Waals surface area contributed by atoms with Gasteiger partial charge in [-0.25, -0.2) is 0 Å². The first kappa shape index (κ1) is 13.2. The smallest absolute Gasteiger partial charge is 0.0600 e. The molecule has 100 valence electrons. The first-order valence-electron chi connectivity index (χ1n) is 6.71. The van der Waals surface area contributed by atoms with E-state index in [1.165, 1.54) is 5.69 Å². The van der Waals surface area contributed by atoms with E-state index < -0.39 is 0 Å². The summed E-state index contributed by atoms with van der Waals surface area (Å²) >= 11 is 0. The lowest BCUT2D eigenvalue weighted by molar-refractivity contribution is 0.111. The van der Waals surface area contributed by atoms with Crippen LogP contribution in [0.1, 0.15) is 6.92 Å². The third kappa shape index (κ3) is 3.37. The SMILES string of the molecule is CCOCCN1CCN(c2ccccc2N)CC1. The summed E-state index contributed by atoms with van der Waals surface area (Å²) < 4.78 is 5.39. The molecule has 0 atom stereocenters. The highest BCUT2D eigenvalue weighted by atomic mass is 16.5. The zero-order valence-electron chi connectivity index (χ0n) is 11.1. The van der Waals surface area contributed by atoms with E-state index in [4.69, 9.17) is 10.5 Å². The number of piperazine rings is 1. The van der Waals surface area contributed by atoms with Crippen LogP contribution in [0.3, 0.4) is 0 Å². The zero-order chi connectivity index (χ0) is 12.8. The van der Waals surface area contributed by atoms with Gasteiger partial charge in [0, 0.05) is 39.3 Å². The van der Waals surface area contributed by atoms with Gasteiger partial charge in [0.05, 0.1) is 18.0 Å². The molecule has 2 N–H and O–H groups in total. The molecule has 1 aromatic rings. The zero-order valence-corrected chi connectivity index (χ0v) is 11.1. The summed E-state index contributed by atoms with van der Waals surface area (Å²) in [7, 11) is 0. The third-order valence-corrected chi connectivity index (χ3v) is 3.41. The Labute approximate surface area is 109 Å². The number of nitrogens with zero attached hydrogens (tertiary/aromatic N) is 2. The molecule has 1 aromatic carbocycles. The predicted octanol–water partition coefficient (Wildman–Crippen LogP) is 1.43. The molecule has 1 heterocycles. The lowest BCUT2D eigenvalue weighted by Gasteiger charge is -2.36. The van der Waals surface area contributed by atoms with Gasteiger partial charge in [0.2, 0.25) is 0 Å². The van der Waals surface area contributed by atoms with Gasteiger partial charge in [0.25, 0.3) is 0 Å². The monoisotopic (exact) mass is 249 g/mol. The molecule has 18 heavy (non-hydrogen) atoms. The van der Waals surface area contributed by atoms with Gasteiger partial charge in [-0.2, -0.15) is 0 Å². The summed E-state index contributed by atoms with van der Waals surface area (Å²) in [6, 6.07) is 8.10. The Kier molecular flexibility index (Phi) is 4.84. The molecular weight excluding hydrogens is 226 g/mol. The maximum absolute atomic E-state index is 6.01. The molecule has 4 heteroatoms. The molecule has 0 aliphatic carbocycles. The van der Waals surface area contributed by atoms with Crippen molar-refractivity contribution in [1.82, 2.24) is 4.90 Å². The van der Waals surface area contributed by atoms with Crippen molar-refractivity contribution >= 4 is 11.4 Å². The fourth-order valence-electron chi connectivity index (χ4n) is 2.33. The number of ether oxygens (including phenoxy) is 1. The summed E-state index contributed by atoms with van der Waals surface area (Å²) in [4.78, 5) is 4.82. The second-order valence-electron chi connectivity index (χ2n) is 4.58. The second-order valence-corrected chi connectivity index (χ2v) is 4.58. The molecule has 0 bridgehead atoms. The minimum atomic E-state index is 0.806. The average Bonchev–Trinajstić information content (AvgIpc) is 2.41. The minimum absolute atomic E-state index is 0.806. The highest BCUT2D eigenvalue weighted by Gasteiger charge is 2.17. The maximum Gasteiger partial charge on any atom is 0.0600 e. The number of rotatable bonds is 5. The largest absolute Gasteiger partial charge is 0.397 e. The molecule has 0 aromatic heterocycles. The summed E-state index contributed by atoms with van der Waals surface area (Å²) in [6.07, 6.45) is 0. The third-order valence-electron chi connectivity index (χ3n) is 3.41. The van der Waals surface area contributed by atoms with Crippen molar-refractivity contribution in [2.45, 2.75) is 6.92 Å². The van der Waals surface area contributed by atoms with Crippen molar-refractivity contribution in [3.8, 4) is 0 Å². The van der Waals surface area contributed by atoms with Crippen molar-refractivity contribution in [2.75, 3.05) is 56.6 Å². The van der Waals surface area contributed by atoms with Crippen LogP contribution in [-0.4, -0.2) is 50.8 Å². The average molecular weight is 249 g/mol. The molecule has 1 aliphatic rings. The van der Waals surface area contributed by atoms with Crippen LogP contribution in [-0.2, 0) is 4.74 Å². The Morgan fingerprint density at radius 1 is 1.17 bits per heavy atom. The van der Waals surface area contributed by atoms with Crippen molar-refractivity contribution in [3.63, 3.8) is 0 Å². The van der Waals surface area contributed by atoms with Gasteiger partial charge < -0.3 is 15.4 Å². The topological polar surface area (TPSA) is 41.7 Å². The van der Waals surface area contributed by atoms with E-state index in [1.807, 2.05) is 25.1 Å². The standard InChI is InChI=1S/C14H23N3O/c1-2-18-12-11-16-7-9-17(10-8-16)14-6-4-3-5-13(14)15/h3-6H,2,7-12,15H2,1H3. The van der Waals surface area contributed by atoms with E-state index in [9.17, 15) is 0 Å². The summed E-state index contributed by atoms with van der Waals surface area (Å²) in [5.74, 6) is 0. The molecule has 0 radical (unpaired) electrons. The highest BCUT2D eigenvalue weighted by Crippen LogP contribution is 2.23. The lowest BCUT2D eigenvalue weighted by Crippen LogP contribution is -2.47. The van der Waals surface area contributed by atoms with Crippen LogP contribution in [0, 0.1) is 0 Å². The normalized spacial score (nSPS) is 17.1. The number of para-hydroxylation sites is 2. The Balaban J connectivity index is 1.81. The van der Waals surface area contributed by atoms with Crippen LogP contribution < -0.4 is 10.6 Å². The Bertz CT molecular complexity index is 362. The minimum Gasteiger partial charge on any atom is -0.397 e. The molecule has 0 amide bonds. The van der Waals surface area contributed by atoms with E-state index >= 15 is 0 Å². The predicted molar refractivity (Wildman–Crippen MR) is 76.0 cm³/mol. The first-order chi connectivity index (χ1) is 8.81. The van der Waals surface area contributed by atoms with Gasteiger partial charge in [-0.1, -0.05) is 12.1 Å². The highest BCUT2D eigenvalue weighted by molar-refractivity contribution is 5.67. The van der Waals surface area contributed by atoms with E-state index in [0.717, 1.165) is 51.6 Å². The molecule has 1 fully saturated rings. The van der Waals surface area contributed by atoms with E-state index in [-0.39, 0.29) is 0 Å². The molecule has 2 rings (SSSR count). The fourth-order valence-corrected chi connectivity index (χ4v) is 2.33. The number of hydrogen-bond donors (Lipinski definition) is 1. The Morgan fingerprint density at radius 2 is 1.89 bits per heavy atom.